The van der Waals surface area contributed by atoms with Gasteiger partial charge in [-0.15, -0.1) is 0 Å². The fourth-order valence-corrected chi connectivity index (χ4v) is 1.44. The maximum atomic E-state index is 8.87. The van der Waals surface area contributed by atoms with Gasteiger partial charge in [-0.2, -0.15) is 5.26 Å². The average Bonchev–Trinajstić information content (AvgIpc) is 2.25. The number of aliphatic hydroxyl groups excluding tert-OH is 1. The predicted molar refractivity (Wildman–Crippen MR) is 60.5 cm³/mol. The Balaban J connectivity index is 2.95. The molecule has 15 heavy (non-hydrogen) atoms. The smallest absolute Gasteiger partial charge is 0.101 e. The third-order valence-electron chi connectivity index (χ3n) is 2.27. The highest BCUT2D eigenvalue weighted by atomic mass is 16.3. The zero-order valence-electron chi connectivity index (χ0n) is 8.77. The monoisotopic (exact) mass is 205 g/mol. The number of likely N-dealkylation sites (N-methyl/N-ethyl adjacent to an activating group) is 1. The number of rotatable bonds is 4. The molecular formula is C11H15N3O. The molecule has 0 saturated heterocycles. The second-order valence-corrected chi connectivity index (χ2v) is 3.19. The molecule has 0 heterocycles. The summed E-state index contributed by atoms with van der Waals surface area (Å²) < 4.78 is 0. The maximum absolute atomic E-state index is 8.87. The standard InChI is InChI=1S/C11H15N3O/c1-2-14(5-6-15)10-4-3-9(8-12)11(13)7-10/h3-4,7,15H,2,5-6,13H2,1H3. The summed E-state index contributed by atoms with van der Waals surface area (Å²) in [5, 5.41) is 17.6. The molecule has 3 N–H and O–H groups in total. The molecule has 0 saturated carbocycles. The molecule has 4 nitrogen and oxygen atoms in total. The molecule has 0 bridgehead atoms. The lowest BCUT2D eigenvalue weighted by Crippen LogP contribution is -2.26. The summed E-state index contributed by atoms with van der Waals surface area (Å²) in [5.74, 6) is 0. The molecule has 0 aliphatic rings. The number of nitrogens with two attached hydrogens (primary N) is 1. The summed E-state index contributed by atoms with van der Waals surface area (Å²) in [4.78, 5) is 2.00. The summed E-state index contributed by atoms with van der Waals surface area (Å²) in [5.41, 5.74) is 7.61. The number of anilines is 2. The molecule has 80 valence electrons. The van der Waals surface area contributed by atoms with Crippen molar-refractivity contribution in [3.63, 3.8) is 0 Å². The molecule has 0 fully saturated rings. The van der Waals surface area contributed by atoms with Crippen LogP contribution in [0.1, 0.15) is 12.5 Å². The second kappa shape index (κ2) is 5.23. The molecule has 0 unspecified atom stereocenters. The third-order valence-corrected chi connectivity index (χ3v) is 2.27. The van der Waals surface area contributed by atoms with Crippen LogP contribution in [-0.2, 0) is 0 Å². The van der Waals surface area contributed by atoms with E-state index in [1.807, 2.05) is 24.0 Å². The van der Waals surface area contributed by atoms with Crippen LogP contribution in [0, 0.1) is 11.3 Å². The van der Waals surface area contributed by atoms with Crippen molar-refractivity contribution in [2.24, 2.45) is 0 Å². The van der Waals surface area contributed by atoms with Gasteiger partial charge in [0.1, 0.15) is 6.07 Å². The molecule has 0 aromatic heterocycles. The lowest BCUT2D eigenvalue weighted by Gasteiger charge is -2.22. The molecule has 0 aliphatic carbocycles. The zero-order chi connectivity index (χ0) is 11.3. The number of nitrogens with zero attached hydrogens (tertiary/aromatic N) is 2. The number of nitriles is 1. The van der Waals surface area contributed by atoms with Crippen LogP contribution in [0.2, 0.25) is 0 Å². The molecule has 0 atom stereocenters. The molecule has 1 aromatic carbocycles. The zero-order valence-corrected chi connectivity index (χ0v) is 8.77. The van der Waals surface area contributed by atoms with Gasteiger partial charge in [-0.3, -0.25) is 0 Å². The molecule has 1 rings (SSSR count). The molecule has 0 radical (unpaired) electrons. The van der Waals surface area contributed by atoms with Crippen molar-refractivity contribution in [1.82, 2.24) is 0 Å². The van der Waals surface area contributed by atoms with E-state index in [0.29, 0.717) is 17.8 Å². The Kier molecular flexibility index (Phi) is 3.95. The summed E-state index contributed by atoms with van der Waals surface area (Å²) in [6.07, 6.45) is 0. The highest BCUT2D eigenvalue weighted by Gasteiger charge is 2.05. The molecule has 0 aliphatic heterocycles. The van der Waals surface area contributed by atoms with Gasteiger partial charge in [0.2, 0.25) is 0 Å². The normalized spacial score (nSPS) is 9.67. The van der Waals surface area contributed by atoms with Gasteiger partial charge in [0.25, 0.3) is 0 Å². The minimum Gasteiger partial charge on any atom is -0.398 e. The van der Waals surface area contributed by atoms with Gasteiger partial charge in [-0.25, -0.2) is 0 Å². The number of nitrogen functional groups attached to an aromatic ring is 1. The Morgan fingerprint density at radius 3 is 2.73 bits per heavy atom. The van der Waals surface area contributed by atoms with Crippen molar-refractivity contribution < 1.29 is 5.11 Å². The van der Waals surface area contributed by atoms with E-state index in [9.17, 15) is 0 Å². The van der Waals surface area contributed by atoms with Gasteiger partial charge in [0.05, 0.1) is 17.9 Å². The minimum atomic E-state index is 0.105. The van der Waals surface area contributed by atoms with Gasteiger partial charge in [-0.1, -0.05) is 0 Å². The predicted octanol–water partition coefficient (Wildman–Crippen LogP) is 0.959. The summed E-state index contributed by atoms with van der Waals surface area (Å²) in [7, 11) is 0. The third kappa shape index (κ3) is 2.61. The van der Waals surface area contributed by atoms with E-state index in [1.165, 1.54) is 0 Å². The van der Waals surface area contributed by atoms with E-state index < -0.39 is 0 Å². The van der Waals surface area contributed by atoms with Crippen molar-refractivity contribution in [2.75, 3.05) is 30.3 Å². The van der Waals surface area contributed by atoms with Gasteiger partial charge in [0.15, 0.2) is 0 Å². The lowest BCUT2D eigenvalue weighted by atomic mass is 10.1. The Morgan fingerprint density at radius 2 is 2.27 bits per heavy atom. The van der Waals surface area contributed by atoms with Crippen LogP contribution >= 0.6 is 0 Å². The van der Waals surface area contributed by atoms with Crippen LogP contribution < -0.4 is 10.6 Å². The van der Waals surface area contributed by atoms with Gasteiger partial charge >= 0.3 is 0 Å². The minimum absolute atomic E-state index is 0.105. The van der Waals surface area contributed by atoms with Gasteiger partial charge in [0, 0.05) is 18.8 Å². The summed E-state index contributed by atoms with van der Waals surface area (Å²) >= 11 is 0. The first-order chi connectivity index (χ1) is 7.22. The summed E-state index contributed by atoms with van der Waals surface area (Å²) in [6, 6.07) is 7.32. The molecule has 4 heteroatoms. The van der Waals surface area contributed by atoms with E-state index in [0.717, 1.165) is 12.2 Å². The van der Waals surface area contributed by atoms with Gasteiger partial charge in [-0.05, 0) is 25.1 Å². The highest BCUT2D eigenvalue weighted by molar-refractivity contribution is 5.63. The molecule has 0 amide bonds. The fraction of sp³-hybridized carbons (Fsp3) is 0.364. The first-order valence-electron chi connectivity index (χ1n) is 4.88. The SMILES string of the molecule is CCN(CCO)c1ccc(C#N)c(N)c1. The molecule has 0 spiro atoms. The second-order valence-electron chi connectivity index (χ2n) is 3.19. The van der Waals surface area contributed by atoms with E-state index in [-0.39, 0.29) is 6.61 Å². The number of hydrogen-bond donors (Lipinski definition) is 2. The van der Waals surface area contributed by atoms with E-state index in [2.05, 4.69) is 0 Å². The summed E-state index contributed by atoms with van der Waals surface area (Å²) in [6.45, 7) is 3.48. The van der Waals surface area contributed by atoms with Crippen molar-refractivity contribution >= 4 is 11.4 Å². The van der Waals surface area contributed by atoms with Crippen LogP contribution in [0.15, 0.2) is 18.2 Å². The van der Waals surface area contributed by atoms with Crippen molar-refractivity contribution in [3.8, 4) is 6.07 Å². The van der Waals surface area contributed by atoms with Crippen LogP contribution in [-0.4, -0.2) is 24.8 Å². The van der Waals surface area contributed by atoms with Crippen LogP contribution in [0.3, 0.4) is 0 Å². The molecular weight excluding hydrogens is 190 g/mol. The first kappa shape index (κ1) is 11.3. The van der Waals surface area contributed by atoms with Crippen LogP contribution in [0.5, 0.6) is 0 Å². The maximum Gasteiger partial charge on any atom is 0.101 e. The van der Waals surface area contributed by atoms with Crippen LogP contribution in [0.4, 0.5) is 11.4 Å². The molecule has 1 aromatic rings. The van der Waals surface area contributed by atoms with E-state index in [1.54, 1.807) is 12.1 Å². The lowest BCUT2D eigenvalue weighted by molar-refractivity contribution is 0.302. The highest BCUT2D eigenvalue weighted by Crippen LogP contribution is 2.20. The number of hydrogen-bond acceptors (Lipinski definition) is 4. The Morgan fingerprint density at radius 1 is 1.53 bits per heavy atom. The van der Waals surface area contributed by atoms with Crippen molar-refractivity contribution in [3.05, 3.63) is 23.8 Å². The topological polar surface area (TPSA) is 73.3 Å². The Bertz CT molecular complexity index is 371. The number of benzene rings is 1. The number of aliphatic hydroxyl groups is 1. The Labute approximate surface area is 89.5 Å². The Hall–Kier alpha value is -1.73. The van der Waals surface area contributed by atoms with Crippen molar-refractivity contribution in [1.29, 1.82) is 5.26 Å². The van der Waals surface area contributed by atoms with E-state index in [4.69, 9.17) is 16.1 Å². The van der Waals surface area contributed by atoms with E-state index >= 15 is 0 Å². The van der Waals surface area contributed by atoms with Crippen molar-refractivity contribution in [2.45, 2.75) is 6.92 Å². The largest absolute Gasteiger partial charge is 0.398 e. The first-order valence-corrected chi connectivity index (χ1v) is 4.88. The van der Waals surface area contributed by atoms with Crippen LogP contribution in [0.25, 0.3) is 0 Å². The van der Waals surface area contributed by atoms with Gasteiger partial charge < -0.3 is 15.7 Å². The quantitative estimate of drug-likeness (QED) is 0.718. The fourth-order valence-electron chi connectivity index (χ4n) is 1.44. The average molecular weight is 205 g/mol.